The van der Waals surface area contributed by atoms with Gasteiger partial charge in [0.15, 0.2) is 0 Å². The molecule has 3 heterocycles. The van der Waals surface area contributed by atoms with Crippen LogP contribution in [0.4, 0.5) is 5.69 Å². The van der Waals surface area contributed by atoms with Gasteiger partial charge in [0.05, 0.1) is 24.9 Å². The molecule has 1 saturated heterocycles. The van der Waals surface area contributed by atoms with Crippen LogP contribution >= 0.6 is 0 Å². The van der Waals surface area contributed by atoms with Crippen molar-refractivity contribution in [3.05, 3.63) is 52.8 Å². The monoisotopic (exact) mass is 353 g/mol. The molecule has 1 unspecified atom stereocenters. The van der Waals surface area contributed by atoms with Gasteiger partial charge in [0.2, 0.25) is 0 Å². The predicted octanol–water partition coefficient (Wildman–Crippen LogP) is 2.22. The van der Waals surface area contributed by atoms with Crippen LogP contribution in [0.1, 0.15) is 29.3 Å². The second kappa shape index (κ2) is 7.07. The number of morpholine rings is 1. The van der Waals surface area contributed by atoms with Crippen LogP contribution in [0.2, 0.25) is 0 Å². The number of carbonyl (C=O) groups excluding carboxylic acids is 1. The molecule has 0 bridgehead atoms. The molecule has 3 N–H and O–H groups in total. The predicted molar refractivity (Wildman–Crippen MR) is 100 cm³/mol. The van der Waals surface area contributed by atoms with E-state index in [2.05, 4.69) is 28.2 Å². The fourth-order valence-electron chi connectivity index (χ4n) is 3.56. The molecule has 136 valence electrons. The first-order chi connectivity index (χ1) is 12.6. The summed E-state index contributed by atoms with van der Waals surface area (Å²) in [5.41, 5.74) is 5.11. The maximum atomic E-state index is 12.3. The summed E-state index contributed by atoms with van der Waals surface area (Å²) in [6.45, 7) is 5.56. The van der Waals surface area contributed by atoms with Crippen LogP contribution in [0.3, 0.4) is 0 Å². The third-order valence-corrected chi connectivity index (χ3v) is 4.85. The number of rotatable bonds is 4. The van der Waals surface area contributed by atoms with E-state index in [1.54, 1.807) is 0 Å². The number of nitrogens with one attached hydrogen (secondary N) is 2. The van der Waals surface area contributed by atoms with Crippen molar-refractivity contribution in [2.45, 2.75) is 26.2 Å². The highest BCUT2D eigenvalue weighted by atomic mass is 16.5. The average Bonchev–Trinajstić information content (AvgIpc) is 3.19. The number of nitrogens with zero attached hydrogens (tertiary/aromatic N) is 1. The Hall–Kier alpha value is -2.41. The summed E-state index contributed by atoms with van der Waals surface area (Å²) in [5, 5.41) is 12.2. The molecular formula is C20H23N3O3. The number of H-pyrrole nitrogens is 1. The van der Waals surface area contributed by atoms with Gasteiger partial charge in [0.25, 0.3) is 5.91 Å². The van der Waals surface area contributed by atoms with Crippen molar-refractivity contribution in [3.8, 4) is 0 Å². The topological polar surface area (TPSA) is 77.6 Å². The number of aromatic nitrogens is 1. The largest absolute Gasteiger partial charge is 0.392 e. The maximum absolute atomic E-state index is 12.3. The second-order valence-electron chi connectivity index (χ2n) is 6.93. The Morgan fingerprint density at radius 2 is 2.23 bits per heavy atom. The van der Waals surface area contributed by atoms with Crippen molar-refractivity contribution in [2.75, 3.05) is 25.0 Å². The number of hydrogen-bond acceptors (Lipinski definition) is 4. The van der Waals surface area contributed by atoms with Crippen molar-refractivity contribution >= 4 is 23.2 Å². The number of benzene rings is 1. The van der Waals surface area contributed by atoms with E-state index in [4.69, 9.17) is 4.74 Å². The summed E-state index contributed by atoms with van der Waals surface area (Å²) >= 11 is 0. The van der Waals surface area contributed by atoms with E-state index in [1.165, 1.54) is 5.56 Å². The Morgan fingerprint density at radius 3 is 3.04 bits per heavy atom. The molecule has 2 aromatic rings. The molecule has 4 rings (SSSR count). The number of ether oxygens (including phenoxy) is 1. The van der Waals surface area contributed by atoms with E-state index in [1.807, 2.05) is 30.5 Å². The number of hydrogen-bond donors (Lipinski definition) is 3. The number of amides is 1. The SMILES string of the molecule is CC1CN(Cc2c[nH]c(/C=C3\C(=O)Nc4ccc(CO)cc43)c2)CCO1. The Bertz CT molecular complexity index is 856. The highest BCUT2D eigenvalue weighted by Crippen LogP contribution is 2.33. The lowest BCUT2D eigenvalue weighted by atomic mass is 10.0. The summed E-state index contributed by atoms with van der Waals surface area (Å²) in [7, 11) is 0. The minimum absolute atomic E-state index is 0.0423. The summed E-state index contributed by atoms with van der Waals surface area (Å²) in [4.78, 5) is 17.9. The summed E-state index contributed by atoms with van der Waals surface area (Å²) < 4.78 is 5.58. The van der Waals surface area contributed by atoms with Gasteiger partial charge >= 0.3 is 0 Å². The summed E-state index contributed by atoms with van der Waals surface area (Å²) in [6, 6.07) is 7.59. The quantitative estimate of drug-likeness (QED) is 0.737. The molecule has 1 atom stereocenters. The molecule has 1 amide bonds. The molecule has 2 aliphatic heterocycles. The third kappa shape index (κ3) is 3.44. The normalized spacial score (nSPS) is 21.8. The highest BCUT2D eigenvalue weighted by molar-refractivity contribution is 6.34. The molecule has 6 nitrogen and oxygen atoms in total. The fraction of sp³-hybridized carbons (Fsp3) is 0.350. The first-order valence-corrected chi connectivity index (χ1v) is 8.91. The molecule has 0 radical (unpaired) electrons. The summed E-state index contributed by atoms with van der Waals surface area (Å²) in [6.07, 6.45) is 4.13. The Balaban J connectivity index is 1.54. The van der Waals surface area contributed by atoms with E-state index < -0.39 is 0 Å². The number of anilines is 1. The smallest absolute Gasteiger partial charge is 0.256 e. The number of fused-ring (bicyclic) bond motifs is 1. The van der Waals surface area contributed by atoms with E-state index in [0.29, 0.717) is 5.57 Å². The van der Waals surface area contributed by atoms with Crippen LogP contribution in [-0.4, -0.2) is 46.7 Å². The Kier molecular flexibility index (Phi) is 4.63. The van der Waals surface area contributed by atoms with Crippen molar-refractivity contribution in [1.82, 2.24) is 9.88 Å². The number of aliphatic hydroxyl groups is 1. The molecule has 0 saturated carbocycles. The Morgan fingerprint density at radius 1 is 1.35 bits per heavy atom. The van der Waals surface area contributed by atoms with Gasteiger partial charge in [-0.05, 0) is 42.3 Å². The van der Waals surface area contributed by atoms with Crippen molar-refractivity contribution < 1.29 is 14.6 Å². The van der Waals surface area contributed by atoms with Gasteiger partial charge in [-0.1, -0.05) is 6.07 Å². The van der Waals surface area contributed by atoms with Gasteiger partial charge in [0, 0.05) is 42.8 Å². The number of aromatic amines is 1. The molecule has 26 heavy (non-hydrogen) atoms. The third-order valence-electron chi connectivity index (χ3n) is 4.85. The maximum Gasteiger partial charge on any atom is 0.256 e. The van der Waals surface area contributed by atoms with Crippen LogP contribution in [0.15, 0.2) is 30.5 Å². The van der Waals surface area contributed by atoms with E-state index in [0.717, 1.165) is 48.7 Å². The van der Waals surface area contributed by atoms with Gasteiger partial charge in [-0.3, -0.25) is 9.69 Å². The van der Waals surface area contributed by atoms with Crippen LogP contribution in [0, 0.1) is 0 Å². The summed E-state index contributed by atoms with van der Waals surface area (Å²) in [5.74, 6) is -0.117. The van der Waals surface area contributed by atoms with Crippen LogP contribution in [0.5, 0.6) is 0 Å². The van der Waals surface area contributed by atoms with Gasteiger partial charge in [-0.25, -0.2) is 0 Å². The zero-order valence-corrected chi connectivity index (χ0v) is 14.8. The molecule has 1 aromatic carbocycles. The first-order valence-electron chi connectivity index (χ1n) is 8.91. The van der Waals surface area contributed by atoms with Crippen molar-refractivity contribution in [2.24, 2.45) is 0 Å². The zero-order chi connectivity index (χ0) is 18.1. The van der Waals surface area contributed by atoms with Gasteiger partial charge in [-0.15, -0.1) is 0 Å². The van der Waals surface area contributed by atoms with Gasteiger partial charge in [0.1, 0.15) is 0 Å². The standard InChI is InChI=1S/C20H23N3O3/c1-13-10-23(4-5-26-13)11-15-6-16(21-9-15)8-18-17-7-14(12-24)2-3-19(17)22-20(18)25/h2-3,6-9,13,21,24H,4-5,10-12H2,1H3,(H,22,25)/b18-8-. The molecule has 0 spiro atoms. The van der Waals surface area contributed by atoms with E-state index >= 15 is 0 Å². The first kappa shape index (κ1) is 17.0. The molecule has 2 aliphatic rings. The minimum Gasteiger partial charge on any atom is -0.392 e. The molecule has 1 fully saturated rings. The Labute approximate surface area is 152 Å². The van der Waals surface area contributed by atoms with Crippen molar-refractivity contribution in [3.63, 3.8) is 0 Å². The van der Waals surface area contributed by atoms with E-state index in [-0.39, 0.29) is 18.6 Å². The molecular weight excluding hydrogens is 330 g/mol. The highest BCUT2D eigenvalue weighted by Gasteiger charge is 2.24. The molecule has 6 heteroatoms. The lowest BCUT2D eigenvalue weighted by Crippen LogP contribution is -2.40. The minimum atomic E-state index is -0.117. The number of carbonyl (C=O) groups is 1. The average molecular weight is 353 g/mol. The van der Waals surface area contributed by atoms with E-state index in [9.17, 15) is 9.90 Å². The van der Waals surface area contributed by atoms with Crippen molar-refractivity contribution in [1.29, 1.82) is 0 Å². The molecule has 1 aromatic heterocycles. The fourth-order valence-corrected chi connectivity index (χ4v) is 3.56. The number of aliphatic hydroxyl groups excluding tert-OH is 1. The zero-order valence-electron chi connectivity index (χ0n) is 14.8. The lowest BCUT2D eigenvalue weighted by molar-refractivity contribution is -0.110. The van der Waals surface area contributed by atoms with Gasteiger partial charge in [-0.2, -0.15) is 0 Å². The van der Waals surface area contributed by atoms with Crippen LogP contribution in [0.25, 0.3) is 11.6 Å². The molecule has 0 aliphatic carbocycles. The van der Waals surface area contributed by atoms with Crippen LogP contribution in [-0.2, 0) is 22.7 Å². The lowest BCUT2D eigenvalue weighted by Gasteiger charge is -2.30. The van der Waals surface area contributed by atoms with Crippen LogP contribution < -0.4 is 5.32 Å². The second-order valence-corrected chi connectivity index (χ2v) is 6.93. The van der Waals surface area contributed by atoms with Gasteiger partial charge < -0.3 is 20.1 Å².